The van der Waals surface area contributed by atoms with Gasteiger partial charge in [0.25, 0.3) is 0 Å². The lowest BCUT2D eigenvalue weighted by molar-refractivity contribution is -0.142. The number of hydrogen-bond donors (Lipinski definition) is 1. The number of carbonyl (C=O) groups excluding carboxylic acids is 2. The first-order valence-corrected chi connectivity index (χ1v) is 4.78. The fourth-order valence-corrected chi connectivity index (χ4v) is 1.59. The second kappa shape index (κ2) is 5.33. The van der Waals surface area contributed by atoms with E-state index in [1.165, 1.54) is 18.3 Å². The Labute approximate surface area is 85.1 Å². The van der Waals surface area contributed by atoms with Crippen molar-refractivity contribution in [3.63, 3.8) is 0 Å². The van der Waals surface area contributed by atoms with Crippen molar-refractivity contribution in [3.05, 3.63) is 16.1 Å². The molecule has 0 saturated carbocycles. The van der Waals surface area contributed by atoms with E-state index in [0.717, 1.165) is 9.88 Å². The predicted octanol–water partition coefficient (Wildman–Crippen LogP) is 0.452. The Morgan fingerprint density at radius 2 is 2.57 bits per heavy atom. The van der Waals surface area contributed by atoms with E-state index in [1.807, 2.05) is 0 Å². The summed E-state index contributed by atoms with van der Waals surface area (Å²) in [6.45, 7) is 2.01. The summed E-state index contributed by atoms with van der Waals surface area (Å²) >= 11 is 1.41. The van der Waals surface area contributed by atoms with Gasteiger partial charge >= 0.3 is 5.97 Å². The van der Waals surface area contributed by atoms with E-state index in [1.54, 1.807) is 6.20 Å². The molecule has 1 rings (SSSR count). The summed E-state index contributed by atoms with van der Waals surface area (Å²) in [6.07, 6.45) is 2.25. The fraction of sp³-hybridized carbons (Fsp3) is 0.375. The molecule has 0 fully saturated rings. The van der Waals surface area contributed by atoms with Gasteiger partial charge in [0, 0.05) is 13.1 Å². The Hall–Kier alpha value is -1.43. The van der Waals surface area contributed by atoms with Gasteiger partial charge in [-0.25, -0.2) is 4.98 Å². The summed E-state index contributed by atoms with van der Waals surface area (Å²) in [6, 6.07) is 0. The lowest BCUT2D eigenvalue weighted by Crippen LogP contribution is -2.08. The van der Waals surface area contributed by atoms with Crippen LogP contribution in [0, 0.1) is 0 Å². The summed E-state index contributed by atoms with van der Waals surface area (Å²) in [5.41, 5.74) is 0. The minimum absolute atomic E-state index is 0.244. The van der Waals surface area contributed by atoms with Crippen LogP contribution >= 0.6 is 11.3 Å². The lowest BCUT2D eigenvalue weighted by Gasteiger charge is -1.96. The maximum absolute atomic E-state index is 10.5. The molecule has 6 heteroatoms. The second-order valence-electron chi connectivity index (χ2n) is 2.50. The Morgan fingerprint density at radius 1 is 1.79 bits per heavy atom. The first-order valence-electron chi connectivity index (χ1n) is 3.96. The maximum Gasteiger partial charge on any atom is 0.302 e. The molecule has 0 bridgehead atoms. The van der Waals surface area contributed by atoms with Crippen LogP contribution in [-0.2, 0) is 27.5 Å². The van der Waals surface area contributed by atoms with E-state index < -0.39 is 0 Å². The number of rotatable bonds is 5. The summed E-state index contributed by atoms with van der Waals surface area (Å²) in [7, 11) is 0. The van der Waals surface area contributed by atoms with Crippen molar-refractivity contribution in [3.8, 4) is 0 Å². The third-order valence-electron chi connectivity index (χ3n) is 1.36. The Balaban J connectivity index is 2.42. The molecule has 0 aliphatic rings. The number of hydrogen-bond acceptors (Lipinski definition) is 5. The highest BCUT2D eigenvalue weighted by molar-refractivity contribution is 7.11. The maximum atomic E-state index is 10.5. The van der Waals surface area contributed by atoms with Crippen LogP contribution in [0.1, 0.15) is 16.8 Å². The van der Waals surface area contributed by atoms with Crippen LogP contribution in [0.3, 0.4) is 0 Å². The number of amides is 1. The number of thiazole rings is 1. The standard InChI is InChI=1S/C8H10N2O3S/c1-6(12)13-4-7-2-10-8(14-7)3-9-5-11/h2,5H,3-4H2,1H3,(H,9,11). The van der Waals surface area contributed by atoms with Crippen LogP contribution in [0.15, 0.2) is 6.20 Å². The van der Waals surface area contributed by atoms with Gasteiger partial charge in [-0.15, -0.1) is 11.3 Å². The summed E-state index contributed by atoms with van der Waals surface area (Å²) in [5.74, 6) is -0.314. The average molecular weight is 214 g/mol. The molecule has 0 unspecified atom stereocenters. The molecule has 0 saturated heterocycles. The zero-order valence-corrected chi connectivity index (χ0v) is 8.47. The zero-order valence-electron chi connectivity index (χ0n) is 7.65. The van der Waals surface area contributed by atoms with Gasteiger partial charge in [-0.2, -0.15) is 0 Å². The molecule has 0 aliphatic heterocycles. The van der Waals surface area contributed by atoms with Gasteiger partial charge in [0.15, 0.2) is 0 Å². The van der Waals surface area contributed by atoms with E-state index in [-0.39, 0.29) is 12.6 Å². The molecule has 76 valence electrons. The van der Waals surface area contributed by atoms with Crippen molar-refractivity contribution in [2.75, 3.05) is 0 Å². The van der Waals surface area contributed by atoms with Crippen LogP contribution in [-0.4, -0.2) is 17.4 Å². The van der Waals surface area contributed by atoms with Crippen LogP contribution in [0.2, 0.25) is 0 Å². The smallest absolute Gasteiger partial charge is 0.302 e. The molecule has 1 heterocycles. The molecule has 1 N–H and O–H groups in total. The van der Waals surface area contributed by atoms with E-state index >= 15 is 0 Å². The highest BCUT2D eigenvalue weighted by Crippen LogP contribution is 2.13. The minimum Gasteiger partial charge on any atom is -0.460 e. The van der Waals surface area contributed by atoms with Gasteiger partial charge in [-0.05, 0) is 0 Å². The molecule has 0 aromatic carbocycles. The van der Waals surface area contributed by atoms with E-state index in [0.29, 0.717) is 13.0 Å². The molecule has 0 radical (unpaired) electrons. The van der Waals surface area contributed by atoms with Crippen LogP contribution in [0.25, 0.3) is 0 Å². The normalized spacial score (nSPS) is 9.50. The van der Waals surface area contributed by atoms with E-state index in [2.05, 4.69) is 10.3 Å². The topological polar surface area (TPSA) is 68.3 Å². The molecule has 0 aliphatic carbocycles. The molecule has 0 spiro atoms. The van der Waals surface area contributed by atoms with E-state index in [9.17, 15) is 9.59 Å². The molecule has 14 heavy (non-hydrogen) atoms. The Morgan fingerprint density at radius 3 is 3.21 bits per heavy atom. The lowest BCUT2D eigenvalue weighted by atomic mass is 10.6. The Bertz CT molecular complexity index is 324. The molecular formula is C8H10N2O3S. The van der Waals surface area contributed by atoms with Crippen LogP contribution in [0.5, 0.6) is 0 Å². The van der Waals surface area contributed by atoms with Crippen molar-refractivity contribution in [1.82, 2.24) is 10.3 Å². The van der Waals surface area contributed by atoms with Gasteiger partial charge in [-0.1, -0.05) is 0 Å². The van der Waals surface area contributed by atoms with Gasteiger partial charge in [0.05, 0.1) is 11.4 Å². The van der Waals surface area contributed by atoms with Crippen molar-refractivity contribution in [2.45, 2.75) is 20.1 Å². The monoisotopic (exact) mass is 214 g/mol. The van der Waals surface area contributed by atoms with Gasteiger partial charge < -0.3 is 10.1 Å². The van der Waals surface area contributed by atoms with E-state index in [4.69, 9.17) is 4.74 Å². The van der Waals surface area contributed by atoms with Gasteiger partial charge in [0.1, 0.15) is 11.6 Å². The van der Waals surface area contributed by atoms with Crippen LogP contribution < -0.4 is 5.32 Å². The molecule has 1 amide bonds. The molecule has 1 aromatic heterocycles. The first-order chi connectivity index (χ1) is 6.72. The first kappa shape index (κ1) is 10.6. The summed E-state index contributed by atoms with van der Waals surface area (Å²) in [4.78, 5) is 25.4. The van der Waals surface area contributed by atoms with Crippen molar-refractivity contribution >= 4 is 23.7 Å². The van der Waals surface area contributed by atoms with Crippen molar-refractivity contribution < 1.29 is 14.3 Å². The number of aromatic nitrogens is 1. The molecular weight excluding hydrogens is 204 g/mol. The Kier molecular flexibility index (Phi) is 4.06. The van der Waals surface area contributed by atoms with Crippen molar-refractivity contribution in [1.29, 1.82) is 0 Å². The number of carbonyl (C=O) groups is 2. The second-order valence-corrected chi connectivity index (χ2v) is 3.70. The number of esters is 1. The van der Waals surface area contributed by atoms with Crippen LogP contribution in [0.4, 0.5) is 0 Å². The fourth-order valence-electron chi connectivity index (χ4n) is 0.798. The minimum atomic E-state index is -0.314. The molecule has 0 atom stereocenters. The summed E-state index contributed by atoms with van der Waals surface area (Å²) < 4.78 is 4.79. The van der Waals surface area contributed by atoms with Crippen molar-refractivity contribution in [2.24, 2.45) is 0 Å². The van der Waals surface area contributed by atoms with Gasteiger partial charge in [-0.3, -0.25) is 9.59 Å². The highest BCUT2D eigenvalue weighted by Gasteiger charge is 2.02. The SMILES string of the molecule is CC(=O)OCc1cnc(CNC=O)s1. The number of nitrogens with zero attached hydrogens (tertiary/aromatic N) is 1. The highest BCUT2D eigenvalue weighted by atomic mass is 32.1. The quantitative estimate of drug-likeness (QED) is 0.571. The predicted molar refractivity (Wildman–Crippen MR) is 50.5 cm³/mol. The third-order valence-corrected chi connectivity index (χ3v) is 2.33. The average Bonchev–Trinajstić information content (AvgIpc) is 2.59. The zero-order chi connectivity index (χ0) is 10.4. The van der Waals surface area contributed by atoms with Gasteiger partial charge in [0.2, 0.25) is 6.41 Å². The summed E-state index contributed by atoms with van der Waals surface area (Å²) in [5, 5.41) is 3.29. The third kappa shape index (κ3) is 3.53. The number of ether oxygens (including phenoxy) is 1. The molecule has 1 aromatic rings. The number of nitrogens with one attached hydrogen (secondary N) is 1. The largest absolute Gasteiger partial charge is 0.460 e. The molecule has 5 nitrogen and oxygen atoms in total.